The van der Waals surface area contributed by atoms with Crippen LogP contribution in [0.3, 0.4) is 0 Å². The van der Waals surface area contributed by atoms with Crippen LogP contribution in [0.25, 0.3) is 0 Å². The molecule has 5 saturated carbocycles. The normalized spacial score (nSPS) is 52.5. The minimum absolute atomic E-state index is 0.0206. The molecule has 5 rings (SSSR count). The van der Waals surface area contributed by atoms with E-state index in [-0.39, 0.29) is 12.2 Å². The third-order valence-corrected chi connectivity index (χ3v) is 10.3. The predicted molar refractivity (Wildman–Crippen MR) is 114 cm³/mol. The van der Waals surface area contributed by atoms with Gasteiger partial charge in [-0.25, -0.2) is 0 Å². The molecule has 0 radical (unpaired) electrons. The minimum atomic E-state index is -0.0206. The lowest BCUT2D eigenvalue weighted by molar-refractivity contribution is -0.119. The van der Waals surface area contributed by atoms with E-state index in [9.17, 15) is 10.2 Å². The van der Waals surface area contributed by atoms with Gasteiger partial charge in [-0.3, -0.25) is 0 Å². The van der Waals surface area contributed by atoms with Gasteiger partial charge in [0.1, 0.15) is 0 Å². The van der Waals surface area contributed by atoms with Gasteiger partial charge >= 0.3 is 0 Å². The van der Waals surface area contributed by atoms with Gasteiger partial charge in [0.25, 0.3) is 0 Å². The van der Waals surface area contributed by atoms with Gasteiger partial charge in [0.05, 0.1) is 12.2 Å². The van der Waals surface area contributed by atoms with Crippen molar-refractivity contribution in [2.24, 2.45) is 47.3 Å². The zero-order valence-electron chi connectivity index (χ0n) is 18.0. The van der Waals surface area contributed by atoms with Gasteiger partial charge in [-0.2, -0.15) is 0 Å². The summed E-state index contributed by atoms with van der Waals surface area (Å²) in [7, 11) is 0. The molecule has 2 heteroatoms. The molecule has 2 N–H and O–H groups in total. The summed E-state index contributed by atoms with van der Waals surface area (Å²) >= 11 is 0. The summed E-state index contributed by atoms with van der Waals surface area (Å²) in [5.74, 6) is 7.69. The van der Waals surface area contributed by atoms with Crippen LogP contribution in [0.2, 0.25) is 0 Å². The molecule has 6 atom stereocenters. The van der Waals surface area contributed by atoms with Gasteiger partial charge in [-0.1, -0.05) is 25.7 Å². The van der Waals surface area contributed by atoms with Crippen molar-refractivity contribution in [1.29, 1.82) is 0 Å². The molecule has 0 spiro atoms. The van der Waals surface area contributed by atoms with Crippen LogP contribution >= 0.6 is 0 Å². The molecule has 0 saturated heterocycles. The summed E-state index contributed by atoms with van der Waals surface area (Å²) in [6.07, 6.45) is 21.3. The van der Waals surface area contributed by atoms with Crippen molar-refractivity contribution >= 4 is 0 Å². The van der Waals surface area contributed by atoms with E-state index in [1.807, 2.05) is 0 Å². The van der Waals surface area contributed by atoms with E-state index in [0.29, 0.717) is 0 Å². The maximum Gasteiger partial charge on any atom is 0.0540 e. The van der Waals surface area contributed by atoms with Gasteiger partial charge < -0.3 is 10.2 Å². The predicted octanol–water partition coefficient (Wildman–Crippen LogP) is 5.95. The zero-order valence-corrected chi connectivity index (χ0v) is 18.0. The average molecular weight is 389 g/mol. The molecule has 5 aliphatic rings. The van der Waals surface area contributed by atoms with Crippen molar-refractivity contribution in [2.75, 3.05) is 0 Å². The first kappa shape index (κ1) is 19.9. The summed E-state index contributed by atoms with van der Waals surface area (Å²) in [4.78, 5) is 0. The summed E-state index contributed by atoms with van der Waals surface area (Å²) < 4.78 is 0. The molecule has 28 heavy (non-hydrogen) atoms. The van der Waals surface area contributed by atoms with Crippen molar-refractivity contribution in [1.82, 2.24) is 0 Å². The zero-order chi connectivity index (χ0) is 19.1. The monoisotopic (exact) mass is 388 g/mol. The number of fused-ring (bicyclic) bond motifs is 3. The van der Waals surface area contributed by atoms with E-state index in [1.165, 1.54) is 77.0 Å². The molecule has 0 amide bonds. The van der Waals surface area contributed by atoms with Gasteiger partial charge in [0, 0.05) is 0 Å². The maximum absolute atomic E-state index is 10.2. The molecule has 0 unspecified atom stereocenters. The highest BCUT2D eigenvalue weighted by Gasteiger charge is 2.54. The first-order chi connectivity index (χ1) is 13.7. The Morgan fingerprint density at radius 2 is 0.679 bits per heavy atom. The SMILES string of the molecule is OC1CCC([C@@H]2[C@H]3CCCC[C@@H]3[C@@H]3CCCC[C@@H]3[C@@H]2C2CCC(O)CC2)CC1. The molecular weight excluding hydrogens is 344 g/mol. The highest BCUT2D eigenvalue weighted by Crippen LogP contribution is 2.62. The molecule has 0 aromatic rings. The minimum Gasteiger partial charge on any atom is -0.393 e. The lowest BCUT2D eigenvalue weighted by atomic mass is 9.45. The van der Waals surface area contributed by atoms with Crippen LogP contribution in [-0.4, -0.2) is 22.4 Å². The molecule has 0 aromatic carbocycles. The lowest BCUT2D eigenvalue weighted by Crippen LogP contribution is -2.54. The molecule has 0 aromatic heterocycles. The van der Waals surface area contributed by atoms with Crippen LogP contribution in [0, 0.1) is 47.3 Å². The fourth-order valence-corrected chi connectivity index (χ4v) is 9.27. The van der Waals surface area contributed by atoms with Crippen molar-refractivity contribution < 1.29 is 10.2 Å². The highest BCUT2D eigenvalue weighted by atomic mass is 16.3. The fraction of sp³-hybridized carbons (Fsp3) is 1.00. The van der Waals surface area contributed by atoms with Gasteiger partial charge in [0.15, 0.2) is 0 Å². The third-order valence-electron chi connectivity index (χ3n) is 10.3. The molecule has 2 nitrogen and oxygen atoms in total. The molecule has 160 valence electrons. The summed E-state index contributed by atoms with van der Waals surface area (Å²) in [6, 6.07) is 0. The second-order valence-corrected chi connectivity index (χ2v) is 11.5. The summed E-state index contributed by atoms with van der Waals surface area (Å²) in [5.41, 5.74) is 0. The standard InChI is InChI=1S/C26H44O2/c27-19-13-9-17(10-14-19)25-23-7-3-1-5-21(23)22-6-2-4-8-24(22)26(25)18-11-15-20(28)16-12-18/h17-28H,1-16H2/t17?,18?,19?,20?,21-,22+,23-,24-,25-,26+/m0/s1. The Morgan fingerprint density at radius 3 is 1.04 bits per heavy atom. The van der Waals surface area contributed by atoms with Crippen LogP contribution < -0.4 is 0 Å². The van der Waals surface area contributed by atoms with Crippen LogP contribution in [0.4, 0.5) is 0 Å². The third kappa shape index (κ3) is 3.70. The largest absolute Gasteiger partial charge is 0.393 e. The highest BCUT2D eigenvalue weighted by molar-refractivity contribution is 5.03. The molecule has 0 heterocycles. The van der Waals surface area contributed by atoms with Crippen LogP contribution in [0.15, 0.2) is 0 Å². The molecule has 0 bridgehead atoms. The Labute approximate surface area is 172 Å². The average Bonchev–Trinajstić information content (AvgIpc) is 2.74. The van der Waals surface area contributed by atoms with Gasteiger partial charge in [-0.15, -0.1) is 0 Å². The van der Waals surface area contributed by atoms with E-state index < -0.39 is 0 Å². The molecule has 0 aliphatic heterocycles. The van der Waals surface area contributed by atoms with Crippen molar-refractivity contribution in [3.05, 3.63) is 0 Å². The van der Waals surface area contributed by atoms with Crippen LogP contribution in [-0.2, 0) is 0 Å². The molecular formula is C26H44O2. The maximum atomic E-state index is 10.2. The van der Waals surface area contributed by atoms with Gasteiger partial charge in [0.2, 0.25) is 0 Å². The quantitative estimate of drug-likeness (QED) is 0.614. The topological polar surface area (TPSA) is 40.5 Å². The second-order valence-electron chi connectivity index (χ2n) is 11.5. The van der Waals surface area contributed by atoms with E-state index >= 15 is 0 Å². The van der Waals surface area contributed by atoms with Crippen molar-refractivity contribution in [3.63, 3.8) is 0 Å². The number of aliphatic hydroxyl groups excluding tert-OH is 2. The first-order valence-corrected chi connectivity index (χ1v) is 13.1. The van der Waals surface area contributed by atoms with Crippen molar-refractivity contribution in [3.8, 4) is 0 Å². The van der Waals surface area contributed by atoms with Gasteiger partial charge in [-0.05, 0) is 124 Å². The Balaban J connectivity index is 1.47. The number of rotatable bonds is 2. The number of hydrogen-bond donors (Lipinski definition) is 2. The van der Waals surface area contributed by atoms with E-state index in [1.54, 1.807) is 0 Å². The van der Waals surface area contributed by atoms with Crippen LogP contribution in [0.1, 0.15) is 103 Å². The Kier molecular flexibility index (Phi) is 6.08. The van der Waals surface area contributed by atoms with Crippen molar-refractivity contribution in [2.45, 2.75) is 115 Å². The smallest absolute Gasteiger partial charge is 0.0540 e. The second kappa shape index (κ2) is 8.58. The Hall–Kier alpha value is -0.0800. The first-order valence-electron chi connectivity index (χ1n) is 13.1. The molecule has 5 fully saturated rings. The number of hydrogen-bond acceptors (Lipinski definition) is 2. The van der Waals surface area contributed by atoms with E-state index in [4.69, 9.17) is 0 Å². The summed E-state index contributed by atoms with van der Waals surface area (Å²) in [6.45, 7) is 0. The summed E-state index contributed by atoms with van der Waals surface area (Å²) in [5, 5.41) is 20.3. The molecule has 5 aliphatic carbocycles. The van der Waals surface area contributed by atoms with Crippen LogP contribution in [0.5, 0.6) is 0 Å². The Bertz CT molecular complexity index is 457. The lowest BCUT2D eigenvalue weighted by Gasteiger charge is -2.60. The number of aliphatic hydroxyl groups is 2. The fourth-order valence-electron chi connectivity index (χ4n) is 9.27. The van der Waals surface area contributed by atoms with E-state index in [2.05, 4.69) is 0 Å². The van der Waals surface area contributed by atoms with E-state index in [0.717, 1.165) is 73.0 Å². The Morgan fingerprint density at radius 1 is 0.357 bits per heavy atom.